The van der Waals surface area contributed by atoms with Gasteiger partial charge in [0.05, 0.1) is 16.7 Å². The van der Waals surface area contributed by atoms with Crippen molar-refractivity contribution in [3.05, 3.63) is 64.1 Å². The number of amidine groups is 1. The highest BCUT2D eigenvalue weighted by molar-refractivity contribution is 6.42. The van der Waals surface area contributed by atoms with Crippen LogP contribution < -0.4 is 4.90 Å². The molecule has 0 fully saturated rings. The van der Waals surface area contributed by atoms with Crippen LogP contribution in [0, 0.1) is 0 Å². The Morgan fingerprint density at radius 3 is 2.52 bits per heavy atom. The zero-order valence-electron chi connectivity index (χ0n) is 15.5. The summed E-state index contributed by atoms with van der Waals surface area (Å²) in [7, 11) is 2.06. The van der Waals surface area contributed by atoms with Crippen molar-refractivity contribution in [1.82, 2.24) is 9.91 Å². The van der Waals surface area contributed by atoms with Gasteiger partial charge in [-0.3, -0.25) is 9.91 Å². The van der Waals surface area contributed by atoms with E-state index in [1.54, 1.807) is 0 Å². The molecule has 0 bridgehead atoms. The van der Waals surface area contributed by atoms with Crippen LogP contribution in [0.3, 0.4) is 0 Å². The number of hydrogen-bond donors (Lipinski definition) is 1. The van der Waals surface area contributed by atoms with Crippen molar-refractivity contribution in [2.45, 2.75) is 19.5 Å². The second kappa shape index (κ2) is 8.93. The van der Waals surface area contributed by atoms with E-state index < -0.39 is 0 Å². The Hall–Kier alpha value is -1.79. The zero-order valence-corrected chi connectivity index (χ0v) is 17.0. The van der Waals surface area contributed by atoms with Gasteiger partial charge in [0.2, 0.25) is 0 Å². The normalized spacial score (nSPS) is 17.0. The van der Waals surface area contributed by atoms with E-state index in [1.165, 1.54) is 0 Å². The molecule has 27 heavy (non-hydrogen) atoms. The molecule has 3 rings (SSSR count). The summed E-state index contributed by atoms with van der Waals surface area (Å²) in [6.07, 6.45) is 0.899. The minimum atomic E-state index is -0.0945. The van der Waals surface area contributed by atoms with Gasteiger partial charge in [0, 0.05) is 12.2 Å². The maximum atomic E-state index is 9.73. The standard InChI is InChI=1S/C20H24Cl2N4O/c1-15-25(23-20(13-27)26(15)17-6-4-3-5-7-17)14-24(2)11-10-16-8-9-18(21)19(22)12-16/h3-9,12,15,27H,10-11,13-14H2,1-2H3. The van der Waals surface area contributed by atoms with Gasteiger partial charge < -0.3 is 10.0 Å². The van der Waals surface area contributed by atoms with E-state index in [1.807, 2.05) is 53.5 Å². The van der Waals surface area contributed by atoms with Gasteiger partial charge >= 0.3 is 0 Å². The van der Waals surface area contributed by atoms with Crippen molar-refractivity contribution in [3.63, 3.8) is 0 Å². The molecule has 1 heterocycles. The summed E-state index contributed by atoms with van der Waals surface area (Å²) in [5.74, 6) is 0.659. The molecule has 0 aliphatic carbocycles. The first-order valence-electron chi connectivity index (χ1n) is 8.91. The first-order valence-corrected chi connectivity index (χ1v) is 9.67. The molecular weight excluding hydrogens is 383 g/mol. The number of anilines is 1. The van der Waals surface area contributed by atoms with E-state index in [-0.39, 0.29) is 12.8 Å². The van der Waals surface area contributed by atoms with E-state index >= 15 is 0 Å². The molecule has 1 atom stereocenters. The smallest absolute Gasteiger partial charge is 0.157 e. The summed E-state index contributed by atoms with van der Waals surface area (Å²) in [6.45, 7) is 3.51. The SMILES string of the molecule is CC1N(CN(C)CCc2ccc(Cl)c(Cl)c2)N=C(CO)N1c1ccccc1. The van der Waals surface area contributed by atoms with Crippen molar-refractivity contribution in [2.24, 2.45) is 5.10 Å². The number of hydrazone groups is 1. The van der Waals surface area contributed by atoms with Crippen LogP contribution in [0.25, 0.3) is 0 Å². The Bertz CT molecular complexity index is 800. The number of benzene rings is 2. The lowest BCUT2D eigenvalue weighted by atomic mass is 10.1. The van der Waals surface area contributed by atoms with Crippen LogP contribution in [0.2, 0.25) is 10.0 Å². The quantitative estimate of drug-likeness (QED) is 0.756. The molecule has 1 aliphatic heterocycles. The Labute approximate surface area is 170 Å². The molecule has 5 nitrogen and oxygen atoms in total. The zero-order chi connectivity index (χ0) is 19.4. The highest BCUT2D eigenvalue weighted by Gasteiger charge is 2.31. The predicted molar refractivity (Wildman–Crippen MR) is 112 cm³/mol. The van der Waals surface area contributed by atoms with Crippen LogP contribution in [0.1, 0.15) is 12.5 Å². The van der Waals surface area contributed by atoms with Gasteiger partial charge in [-0.25, -0.2) is 0 Å². The Balaban J connectivity index is 1.61. The van der Waals surface area contributed by atoms with E-state index in [9.17, 15) is 5.11 Å². The van der Waals surface area contributed by atoms with Crippen LogP contribution in [0.4, 0.5) is 5.69 Å². The van der Waals surface area contributed by atoms with Crippen molar-refractivity contribution in [2.75, 3.05) is 31.8 Å². The predicted octanol–water partition coefficient (Wildman–Crippen LogP) is 3.90. The Morgan fingerprint density at radius 2 is 1.85 bits per heavy atom. The molecule has 2 aromatic rings. The van der Waals surface area contributed by atoms with Gasteiger partial charge in [0.15, 0.2) is 5.84 Å². The summed E-state index contributed by atoms with van der Waals surface area (Å²) in [6, 6.07) is 15.8. The number of para-hydroxylation sites is 1. The average molecular weight is 407 g/mol. The first-order chi connectivity index (χ1) is 13.0. The lowest BCUT2D eigenvalue weighted by molar-refractivity contribution is 0.137. The third kappa shape index (κ3) is 4.74. The maximum Gasteiger partial charge on any atom is 0.157 e. The van der Waals surface area contributed by atoms with Crippen molar-refractivity contribution in [1.29, 1.82) is 0 Å². The fourth-order valence-corrected chi connectivity index (χ4v) is 3.49. The molecule has 2 aromatic carbocycles. The molecular formula is C20H24Cl2N4O. The summed E-state index contributed by atoms with van der Waals surface area (Å²) in [4.78, 5) is 4.26. The molecule has 0 aromatic heterocycles. The molecule has 144 valence electrons. The highest BCUT2D eigenvalue weighted by Crippen LogP contribution is 2.25. The number of aliphatic hydroxyl groups is 1. The second-order valence-electron chi connectivity index (χ2n) is 6.67. The summed E-state index contributed by atoms with van der Waals surface area (Å²) in [5, 5.41) is 17.5. The average Bonchev–Trinajstić information content (AvgIpc) is 2.99. The van der Waals surface area contributed by atoms with Crippen molar-refractivity contribution < 1.29 is 5.11 Å². The Kier molecular flexibility index (Phi) is 6.60. The minimum Gasteiger partial charge on any atom is -0.388 e. The summed E-state index contributed by atoms with van der Waals surface area (Å²) < 4.78 is 0. The van der Waals surface area contributed by atoms with Gasteiger partial charge in [-0.1, -0.05) is 47.5 Å². The minimum absolute atomic E-state index is 0.0296. The highest BCUT2D eigenvalue weighted by atomic mass is 35.5. The largest absolute Gasteiger partial charge is 0.388 e. The molecule has 0 spiro atoms. The number of aliphatic hydroxyl groups excluding tert-OH is 1. The monoisotopic (exact) mass is 406 g/mol. The molecule has 0 saturated heterocycles. The lowest BCUT2D eigenvalue weighted by Gasteiger charge is -2.31. The van der Waals surface area contributed by atoms with E-state index in [0.29, 0.717) is 22.5 Å². The fraction of sp³-hybridized carbons (Fsp3) is 0.350. The molecule has 7 heteroatoms. The number of rotatable bonds is 7. The number of nitrogens with zero attached hydrogens (tertiary/aromatic N) is 4. The van der Waals surface area contributed by atoms with Gasteiger partial charge in [-0.05, 0) is 50.2 Å². The fourth-order valence-electron chi connectivity index (χ4n) is 3.17. The summed E-state index contributed by atoms with van der Waals surface area (Å²) >= 11 is 12.1. The van der Waals surface area contributed by atoms with Crippen LogP contribution in [-0.2, 0) is 6.42 Å². The molecule has 1 unspecified atom stereocenters. The van der Waals surface area contributed by atoms with Crippen molar-refractivity contribution in [3.8, 4) is 0 Å². The van der Waals surface area contributed by atoms with Gasteiger partial charge in [-0.15, -0.1) is 0 Å². The molecule has 0 radical (unpaired) electrons. The second-order valence-corrected chi connectivity index (χ2v) is 7.49. The van der Waals surface area contributed by atoms with Gasteiger partial charge in [0.25, 0.3) is 0 Å². The number of halogens is 2. The van der Waals surface area contributed by atoms with E-state index in [0.717, 1.165) is 24.2 Å². The first kappa shape index (κ1) is 20.0. The van der Waals surface area contributed by atoms with Crippen LogP contribution in [0.15, 0.2) is 53.6 Å². The van der Waals surface area contributed by atoms with E-state index in [2.05, 4.69) is 28.9 Å². The topological polar surface area (TPSA) is 42.3 Å². The van der Waals surface area contributed by atoms with Crippen LogP contribution >= 0.6 is 23.2 Å². The molecule has 0 amide bonds. The maximum absolute atomic E-state index is 9.73. The van der Waals surface area contributed by atoms with Crippen LogP contribution in [0.5, 0.6) is 0 Å². The summed E-state index contributed by atoms with van der Waals surface area (Å²) in [5.41, 5.74) is 2.18. The van der Waals surface area contributed by atoms with Gasteiger partial charge in [-0.2, -0.15) is 5.10 Å². The third-order valence-corrected chi connectivity index (χ3v) is 5.39. The lowest BCUT2D eigenvalue weighted by Crippen LogP contribution is -2.44. The Morgan fingerprint density at radius 1 is 1.11 bits per heavy atom. The van der Waals surface area contributed by atoms with Crippen LogP contribution in [-0.4, -0.2) is 53.9 Å². The van der Waals surface area contributed by atoms with Gasteiger partial charge in [0.1, 0.15) is 12.8 Å². The number of likely N-dealkylation sites (N-methyl/N-ethyl adjacent to an activating group) is 1. The molecule has 1 N–H and O–H groups in total. The van der Waals surface area contributed by atoms with E-state index in [4.69, 9.17) is 23.2 Å². The molecule has 1 aliphatic rings. The number of hydrogen-bond acceptors (Lipinski definition) is 5. The molecule has 0 saturated carbocycles. The van der Waals surface area contributed by atoms with Crippen molar-refractivity contribution >= 4 is 34.7 Å². The third-order valence-electron chi connectivity index (χ3n) is 4.66.